The van der Waals surface area contributed by atoms with Gasteiger partial charge in [-0.25, -0.2) is 4.79 Å². The molecule has 1 aliphatic heterocycles. The number of phenolic OH excluding ortho intramolecular Hbond substituents is 1. The molecule has 0 radical (unpaired) electrons. The lowest BCUT2D eigenvalue weighted by Gasteiger charge is -2.30. The fraction of sp³-hybridized carbons (Fsp3) is 0.419. The first-order chi connectivity index (χ1) is 20.1. The van der Waals surface area contributed by atoms with Crippen molar-refractivity contribution in [1.82, 2.24) is 20.5 Å². The summed E-state index contributed by atoms with van der Waals surface area (Å²) in [6.07, 6.45) is 3.61. The summed E-state index contributed by atoms with van der Waals surface area (Å²) < 4.78 is 0. The number of benzene rings is 2. The van der Waals surface area contributed by atoms with Crippen LogP contribution < -0.4 is 16.4 Å². The van der Waals surface area contributed by atoms with Gasteiger partial charge in [-0.3, -0.25) is 14.4 Å². The number of nitrogens with two attached hydrogens (primary N) is 1. The van der Waals surface area contributed by atoms with Crippen LogP contribution in [-0.2, 0) is 32.0 Å². The summed E-state index contributed by atoms with van der Waals surface area (Å²) in [5.41, 5.74) is 8.55. The molecule has 0 aliphatic carbocycles. The van der Waals surface area contributed by atoms with E-state index in [0.717, 1.165) is 16.5 Å². The lowest BCUT2D eigenvalue weighted by molar-refractivity contribution is -0.145. The number of aromatic nitrogens is 1. The normalized spacial score (nSPS) is 17.8. The van der Waals surface area contributed by atoms with E-state index in [2.05, 4.69) is 15.6 Å². The number of carboxylic acids is 1. The van der Waals surface area contributed by atoms with Crippen molar-refractivity contribution in [3.8, 4) is 5.75 Å². The van der Waals surface area contributed by atoms with Crippen molar-refractivity contribution in [2.24, 2.45) is 11.7 Å². The van der Waals surface area contributed by atoms with Crippen molar-refractivity contribution in [3.63, 3.8) is 0 Å². The van der Waals surface area contributed by atoms with E-state index in [1.807, 2.05) is 38.1 Å². The Morgan fingerprint density at radius 3 is 2.45 bits per heavy atom. The Bertz CT molecular complexity index is 1420. The highest BCUT2D eigenvalue weighted by atomic mass is 16.4. The van der Waals surface area contributed by atoms with Gasteiger partial charge in [0.05, 0.1) is 6.04 Å². The Labute approximate surface area is 244 Å². The molecule has 11 nitrogen and oxygen atoms in total. The molecule has 2 heterocycles. The highest BCUT2D eigenvalue weighted by molar-refractivity contribution is 5.95. The molecule has 1 aliphatic rings. The number of phenols is 1. The van der Waals surface area contributed by atoms with E-state index in [0.29, 0.717) is 31.4 Å². The van der Waals surface area contributed by atoms with Gasteiger partial charge >= 0.3 is 5.97 Å². The summed E-state index contributed by atoms with van der Waals surface area (Å²) in [5.74, 6) is -2.69. The van der Waals surface area contributed by atoms with E-state index in [1.165, 1.54) is 17.0 Å². The minimum absolute atomic E-state index is 0.00870. The molecule has 1 fully saturated rings. The zero-order valence-corrected chi connectivity index (χ0v) is 23.9. The number of aliphatic carboxylic acids is 1. The molecule has 2 aromatic carbocycles. The first-order valence-electron chi connectivity index (χ1n) is 14.3. The average molecular weight is 578 g/mol. The van der Waals surface area contributed by atoms with Crippen LogP contribution in [0.1, 0.15) is 44.2 Å². The molecule has 42 heavy (non-hydrogen) atoms. The summed E-state index contributed by atoms with van der Waals surface area (Å²) in [6.45, 7) is 4.11. The predicted octanol–water partition coefficient (Wildman–Crippen LogP) is 2.08. The summed E-state index contributed by atoms with van der Waals surface area (Å²) in [5, 5.41) is 25.7. The van der Waals surface area contributed by atoms with Crippen LogP contribution in [0.2, 0.25) is 0 Å². The van der Waals surface area contributed by atoms with Crippen molar-refractivity contribution >= 4 is 34.6 Å². The minimum atomic E-state index is -1.23. The third-order valence-corrected chi connectivity index (χ3v) is 8.10. The number of carboxylic acid groups (broad SMARTS) is 1. The topological polar surface area (TPSA) is 178 Å². The fourth-order valence-electron chi connectivity index (χ4n) is 5.34. The van der Waals surface area contributed by atoms with E-state index in [-0.39, 0.29) is 24.5 Å². The Balaban J connectivity index is 1.54. The lowest BCUT2D eigenvalue weighted by atomic mass is 9.98. The van der Waals surface area contributed by atoms with Crippen molar-refractivity contribution in [1.29, 1.82) is 0 Å². The number of hydrogen-bond acceptors (Lipinski definition) is 6. The SMILES string of the molecule is CCC(C)C(N)C(=O)NC(Cc1c[nH]c2ccccc12)C(=O)N1CCCC1C(=O)NC(Cc1ccc(O)cc1)C(=O)O. The first-order valence-corrected chi connectivity index (χ1v) is 14.3. The molecular formula is C31H39N5O6. The number of aromatic hydroxyl groups is 1. The number of carbonyl (C=O) groups is 4. The smallest absolute Gasteiger partial charge is 0.326 e. The van der Waals surface area contributed by atoms with Gasteiger partial charge in [0.25, 0.3) is 0 Å². The highest BCUT2D eigenvalue weighted by Crippen LogP contribution is 2.23. The third-order valence-electron chi connectivity index (χ3n) is 8.10. The molecule has 7 N–H and O–H groups in total. The Morgan fingerprint density at radius 1 is 1.05 bits per heavy atom. The number of amides is 3. The van der Waals surface area contributed by atoms with Gasteiger partial charge in [-0.2, -0.15) is 0 Å². The van der Waals surface area contributed by atoms with Crippen LogP contribution in [0, 0.1) is 5.92 Å². The number of rotatable bonds is 12. The monoisotopic (exact) mass is 577 g/mol. The van der Waals surface area contributed by atoms with Crippen LogP contribution in [-0.4, -0.2) is 74.5 Å². The van der Waals surface area contributed by atoms with Crippen molar-refractivity contribution in [3.05, 3.63) is 65.9 Å². The largest absolute Gasteiger partial charge is 0.508 e. The van der Waals surface area contributed by atoms with Gasteiger partial charge in [-0.05, 0) is 48.1 Å². The predicted molar refractivity (Wildman–Crippen MR) is 157 cm³/mol. The zero-order valence-electron chi connectivity index (χ0n) is 23.9. The molecule has 5 atom stereocenters. The first kappa shape index (κ1) is 30.6. The van der Waals surface area contributed by atoms with Gasteiger partial charge in [0.15, 0.2) is 0 Å². The quantitative estimate of drug-likeness (QED) is 0.191. The van der Waals surface area contributed by atoms with Crippen molar-refractivity contribution in [2.45, 2.75) is 70.1 Å². The Morgan fingerprint density at radius 2 is 1.76 bits per heavy atom. The van der Waals surface area contributed by atoms with E-state index in [9.17, 15) is 29.4 Å². The molecule has 1 saturated heterocycles. The molecule has 5 unspecified atom stereocenters. The summed E-state index contributed by atoms with van der Waals surface area (Å²) in [7, 11) is 0. The zero-order chi connectivity index (χ0) is 30.4. The second-order valence-electron chi connectivity index (χ2n) is 11.0. The molecule has 3 aromatic rings. The number of nitrogens with zero attached hydrogens (tertiary/aromatic N) is 1. The van der Waals surface area contributed by atoms with Crippen LogP contribution in [0.25, 0.3) is 10.9 Å². The van der Waals surface area contributed by atoms with Crippen LogP contribution in [0.15, 0.2) is 54.7 Å². The van der Waals surface area contributed by atoms with E-state index in [4.69, 9.17) is 5.73 Å². The molecule has 11 heteroatoms. The Hall–Kier alpha value is -4.38. The average Bonchev–Trinajstić information content (AvgIpc) is 3.64. The summed E-state index contributed by atoms with van der Waals surface area (Å²) >= 11 is 0. The standard InChI is InChI=1S/C31H39N5O6/c1-3-18(2)27(32)29(39)34-24(16-20-17-33-23-8-5-4-7-22(20)23)30(40)36-14-6-9-26(36)28(38)35-25(31(41)42)15-19-10-12-21(37)13-11-19/h4-5,7-8,10-13,17-18,24-27,33,37H,3,6,9,14-16,32H2,1-2H3,(H,34,39)(H,35,38)(H,41,42). The van der Waals surface area contributed by atoms with Gasteiger partial charge in [0, 0.05) is 36.5 Å². The summed E-state index contributed by atoms with van der Waals surface area (Å²) in [4.78, 5) is 57.1. The fourth-order valence-corrected chi connectivity index (χ4v) is 5.34. The molecule has 3 amide bonds. The molecule has 0 bridgehead atoms. The second kappa shape index (κ2) is 13.5. The molecule has 4 rings (SSSR count). The van der Waals surface area contributed by atoms with Gasteiger partial charge in [-0.1, -0.05) is 50.6 Å². The number of likely N-dealkylation sites (tertiary alicyclic amines) is 1. The van der Waals surface area contributed by atoms with Crippen LogP contribution >= 0.6 is 0 Å². The van der Waals surface area contributed by atoms with Crippen LogP contribution in [0.5, 0.6) is 5.75 Å². The number of nitrogens with one attached hydrogen (secondary N) is 3. The van der Waals surface area contributed by atoms with Crippen molar-refractivity contribution < 1.29 is 29.4 Å². The van der Waals surface area contributed by atoms with Gasteiger partial charge < -0.3 is 36.5 Å². The number of aromatic amines is 1. The minimum Gasteiger partial charge on any atom is -0.508 e. The van der Waals surface area contributed by atoms with Gasteiger partial charge in [0.1, 0.15) is 23.9 Å². The lowest BCUT2D eigenvalue weighted by Crippen LogP contribution is -2.58. The van der Waals surface area contributed by atoms with E-state index in [1.54, 1.807) is 18.3 Å². The van der Waals surface area contributed by atoms with Crippen molar-refractivity contribution in [2.75, 3.05) is 6.54 Å². The number of hydrogen-bond donors (Lipinski definition) is 6. The molecular weight excluding hydrogens is 538 g/mol. The van der Waals surface area contributed by atoms with Gasteiger partial charge in [0.2, 0.25) is 17.7 Å². The molecule has 1 aromatic heterocycles. The molecule has 0 spiro atoms. The Kier molecular flexibility index (Phi) is 9.84. The third kappa shape index (κ3) is 7.09. The van der Waals surface area contributed by atoms with E-state index < -0.39 is 47.9 Å². The number of fused-ring (bicyclic) bond motifs is 1. The second-order valence-corrected chi connectivity index (χ2v) is 11.0. The maximum absolute atomic E-state index is 14.0. The van der Waals surface area contributed by atoms with Crippen LogP contribution in [0.4, 0.5) is 0 Å². The van der Waals surface area contributed by atoms with Gasteiger partial charge in [-0.15, -0.1) is 0 Å². The number of para-hydroxylation sites is 1. The molecule has 0 saturated carbocycles. The number of H-pyrrole nitrogens is 1. The molecule has 224 valence electrons. The maximum Gasteiger partial charge on any atom is 0.326 e. The maximum atomic E-state index is 14.0. The summed E-state index contributed by atoms with van der Waals surface area (Å²) in [6, 6.07) is 9.83. The number of carbonyl (C=O) groups excluding carboxylic acids is 3. The highest BCUT2D eigenvalue weighted by Gasteiger charge is 2.39. The van der Waals surface area contributed by atoms with E-state index >= 15 is 0 Å². The van der Waals surface area contributed by atoms with Crippen LogP contribution in [0.3, 0.4) is 0 Å².